The molecule has 3 N–H and O–H groups in total. The molecule has 0 radical (unpaired) electrons. The first-order chi connectivity index (χ1) is 4.22. The Balaban J connectivity index is 3.60. The smallest absolute Gasteiger partial charge is 0.289 e. The van der Waals surface area contributed by atoms with Crippen LogP contribution in [0.1, 0.15) is 19.8 Å². The zero-order valence-electron chi connectivity index (χ0n) is 5.31. The van der Waals surface area contributed by atoms with Crippen LogP contribution in [0.4, 0.5) is 0 Å². The highest BCUT2D eigenvalue weighted by Gasteiger charge is 2.08. The average Bonchev–Trinajstić information content (AvgIpc) is 1.87. The van der Waals surface area contributed by atoms with Gasteiger partial charge in [0.2, 0.25) is 5.78 Å². The maximum absolute atomic E-state index is 10.5. The second kappa shape index (κ2) is 4.03. The molecule has 0 rings (SSSR count). The molecule has 4 heteroatoms. The normalized spacial score (nSPS) is 8.67. The van der Waals surface area contributed by atoms with Gasteiger partial charge >= 0.3 is 5.91 Å². The molecule has 4 nitrogen and oxygen atoms in total. The lowest BCUT2D eigenvalue weighted by atomic mass is 10.2. The predicted molar refractivity (Wildman–Crippen MR) is 32.2 cm³/mol. The highest BCUT2D eigenvalue weighted by molar-refractivity contribution is 6.35. The van der Waals surface area contributed by atoms with E-state index in [1.54, 1.807) is 5.43 Å². The van der Waals surface area contributed by atoms with Crippen LogP contribution in [0, 0.1) is 0 Å². The molecule has 0 aliphatic rings. The molecule has 0 fully saturated rings. The molecule has 0 saturated carbocycles. The third-order valence-corrected chi connectivity index (χ3v) is 0.861. The summed E-state index contributed by atoms with van der Waals surface area (Å²) in [5.74, 6) is 3.51. The highest BCUT2D eigenvalue weighted by atomic mass is 16.2. The van der Waals surface area contributed by atoms with E-state index in [9.17, 15) is 9.59 Å². The Morgan fingerprint density at radius 3 is 2.44 bits per heavy atom. The number of hydrazine groups is 1. The summed E-state index contributed by atoms with van der Waals surface area (Å²) in [5.41, 5.74) is 1.76. The van der Waals surface area contributed by atoms with E-state index >= 15 is 0 Å². The van der Waals surface area contributed by atoms with Gasteiger partial charge in [-0.3, -0.25) is 15.0 Å². The van der Waals surface area contributed by atoms with Gasteiger partial charge in [0.25, 0.3) is 0 Å². The molecule has 0 aromatic heterocycles. The van der Waals surface area contributed by atoms with Crippen LogP contribution in [0.2, 0.25) is 0 Å². The van der Waals surface area contributed by atoms with Gasteiger partial charge in [0.15, 0.2) is 0 Å². The van der Waals surface area contributed by atoms with Crippen molar-refractivity contribution in [3.8, 4) is 0 Å². The van der Waals surface area contributed by atoms with E-state index < -0.39 is 11.7 Å². The molecular formula is C5H10N2O2. The summed E-state index contributed by atoms with van der Waals surface area (Å²) in [6.45, 7) is 1.82. The summed E-state index contributed by atoms with van der Waals surface area (Å²) in [6, 6.07) is 0. The van der Waals surface area contributed by atoms with E-state index in [0.29, 0.717) is 6.42 Å². The molecule has 9 heavy (non-hydrogen) atoms. The summed E-state index contributed by atoms with van der Waals surface area (Å²) in [7, 11) is 0. The lowest BCUT2D eigenvalue weighted by Crippen LogP contribution is -2.35. The summed E-state index contributed by atoms with van der Waals surface area (Å²) < 4.78 is 0. The van der Waals surface area contributed by atoms with E-state index in [1.165, 1.54) is 0 Å². The molecule has 0 saturated heterocycles. The highest BCUT2D eigenvalue weighted by Crippen LogP contribution is 1.86. The van der Waals surface area contributed by atoms with Crippen LogP contribution in [-0.4, -0.2) is 11.7 Å². The van der Waals surface area contributed by atoms with Gasteiger partial charge in [0.1, 0.15) is 0 Å². The lowest BCUT2D eigenvalue weighted by molar-refractivity contribution is -0.137. The fraction of sp³-hybridized carbons (Fsp3) is 0.600. The first kappa shape index (κ1) is 8.10. The predicted octanol–water partition coefficient (Wildman–Crippen LogP) is -0.655. The zero-order valence-corrected chi connectivity index (χ0v) is 5.31. The Bertz CT molecular complexity index is 122. The summed E-state index contributed by atoms with van der Waals surface area (Å²) in [5, 5.41) is 0. The number of nitrogens with one attached hydrogen (secondary N) is 1. The average molecular weight is 130 g/mol. The number of Topliss-reactive ketones (excluding diaryl/α,β-unsaturated/α-hetero) is 1. The van der Waals surface area contributed by atoms with Gasteiger partial charge < -0.3 is 0 Å². The topological polar surface area (TPSA) is 72.2 Å². The van der Waals surface area contributed by atoms with Crippen LogP contribution in [0.3, 0.4) is 0 Å². The van der Waals surface area contributed by atoms with Crippen molar-refractivity contribution in [2.45, 2.75) is 19.8 Å². The van der Waals surface area contributed by atoms with Gasteiger partial charge in [0, 0.05) is 6.42 Å². The summed E-state index contributed by atoms with van der Waals surface area (Å²) >= 11 is 0. The molecule has 0 atom stereocenters. The number of carbonyl (C=O) groups excluding carboxylic acids is 2. The van der Waals surface area contributed by atoms with Crippen molar-refractivity contribution in [1.82, 2.24) is 5.43 Å². The number of ketones is 1. The minimum atomic E-state index is -0.711. The second-order valence-corrected chi connectivity index (χ2v) is 1.65. The van der Waals surface area contributed by atoms with E-state index in [0.717, 1.165) is 0 Å². The Kier molecular flexibility index (Phi) is 3.62. The third-order valence-electron chi connectivity index (χ3n) is 0.861. The molecule has 0 heterocycles. The number of nitrogens with two attached hydrogens (primary N) is 1. The molecule has 0 unspecified atom stereocenters. The van der Waals surface area contributed by atoms with E-state index in [1.807, 2.05) is 6.92 Å². The van der Waals surface area contributed by atoms with Crippen molar-refractivity contribution in [3.05, 3.63) is 0 Å². The molecule has 52 valence electrons. The minimum absolute atomic E-state index is 0.267. The maximum atomic E-state index is 10.5. The van der Waals surface area contributed by atoms with Gasteiger partial charge in [0.05, 0.1) is 0 Å². The Labute approximate surface area is 53.4 Å². The van der Waals surface area contributed by atoms with Gasteiger partial charge in [-0.1, -0.05) is 6.92 Å². The van der Waals surface area contributed by atoms with Crippen molar-refractivity contribution in [3.63, 3.8) is 0 Å². The molecule has 0 aliphatic carbocycles. The maximum Gasteiger partial charge on any atom is 0.301 e. The monoisotopic (exact) mass is 130 g/mol. The summed E-state index contributed by atoms with van der Waals surface area (Å²) in [6.07, 6.45) is 0.940. The summed E-state index contributed by atoms with van der Waals surface area (Å²) in [4.78, 5) is 20.8. The Morgan fingerprint density at radius 2 is 2.11 bits per heavy atom. The van der Waals surface area contributed by atoms with Crippen LogP contribution in [0.15, 0.2) is 0 Å². The molecule has 1 amide bonds. The fourth-order valence-electron chi connectivity index (χ4n) is 0.421. The molecule has 0 aromatic carbocycles. The van der Waals surface area contributed by atoms with E-state index in [-0.39, 0.29) is 6.42 Å². The largest absolute Gasteiger partial charge is 0.301 e. The van der Waals surface area contributed by atoms with Crippen LogP contribution < -0.4 is 11.3 Å². The van der Waals surface area contributed by atoms with Crippen LogP contribution >= 0.6 is 0 Å². The van der Waals surface area contributed by atoms with Crippen molar-refractivity contribution in [1.29, 1.82) is 0 Å². The van der Waals surface area contributed by atoms with Gasteiger partial charge in [-0.05, 0) is 6.42 Å². The molecular weight excluding hydrogens is 120 g/mol. The Hall–Kier alpha value is -0.900. The standard InChI is InChI=1S/C5H10N2O2/c1-2-3-4(8)5(9)7-6/h2-3,6H2,1H3,(H,7,9). The number of hydrogen-bond acceptors (Lipinski definition) is 3. The SMILES string of the molecule is CCCC(=O)C(=O)NN. The van der Waals surface area contributed by atoms with Crippen molar-refractivity contribution in [2.75, 3.05) is 0 Å². The van der Waals surface area contributed by atoms with E-state index in [2.05, 4.69) is 5.84 Å². The number of rotatable bonds is 3. The Morgan fingerprint density at radius 1 is 1.56 bits per heavy atom. The second-order valence-electron chi connectivity index (χ2n) is 1.65. The van der Waals surface area contributed by atoms with Crippen LogP contribution in [0.25, 0.3) is 0 Å². The first-order valence-corrected chi connectivity index (χ1v) is 2.76. The minimum Gasteiger partial charge on any atom is -0.289 e. The van der Waals surface area contributed by atoms with Crippen molar-refractivity contribution >= 4 is 11.7 Å². The molecule has 0 aliphatic heterocycles. The quantitative estimate of drug-likeness (QED) is 0.231. The third kappa shape index (κ3) is 2.81. The number of amides is 1. The van der Waals surface area contributed by atoms with Crippen molar-refractivity contribution in [2.24, 2.45) is 5.84 Å². The molecule has 0 aromatic rings. The lowest BCUT2D eigenvalue weighted by Gasteiger charge is -1.93. The van der Waals surface area contributed by atoms with Crippen molar-refractivity contribution < 1.29 is 9.59 Å². The van der Waals surface area contributed by atoms with E-state index in [4.69, 9.17) is 0 Å². The van der Waals surface area contributed by atoms with Crippen LogP contribution in [-0.2, 0) is 9.59 Å². The number of hydrogen-bond donors (Lipinski definition) is 2. The molecule has 0 spiro atoms. The van der Waals surface area contributed by atoms with Gasteiger partial charge in [-0.2, -0.15) is 0 Å². The first-order valence-electron chi connectivity index (χ1n) is 2.76. The van der Waals surface area contributed by atoms with Gasteiger partial charge in [-0.15, -0.1) is 0 Å². The zero-order chi connectivity index (χ0) is 7.28. The fourth-order valence-corrected chi connectivity index (χ4v) is 0.421. The van der Waals surface area contributed by atoms with Gasteiger partial charge in [-0.25, -0.2) is 5.84 Å². The molecule has 0 bridgehead atoms. The number of carbonyl (C=O) groups is 2. The van der Waals surface area contributed by atoms with Crippen LogP contribution in [0.5, 0.6) is 0 Å².